The van der Waals surface area contributed by atoms with Crippen molar-refractivity contribution in [3.05, 3.63) is 54.1 Å². The Morgan fingerprint density at radius 1 is 1.30 bits per heavy atom. The van der Waals surface area contributed by atoms with Gasteiger partial charge in [-0.3, -0.25) is 4.79 Å². The van der Waals surface area contributed by atoms with Crippen LogP contribution in [0, 0.1) is 17.2 Å². The number of benzene rings is 1. The number of rotatable bonds is 7. The largest absolute Gasteiger partial charge is 0.338 e. The maximum atomic E-state index is 12.5. The Hall–Kier alpha value is -3.27. The number of aromatic nitrogens is 4. The van der Waals surface area contributed by atoms with Crippen LogP contribution in [0.4, 0.5) is 0 Å². The number of likely N-dealkylation sites (N-methyl/N-ethyl adjacent to an activating group) is 1. The quantitative estimate of drug-likeness (QED) is 0.557. The van der Waals surface area contributed by atoms with Crippen LogP contribution in [0.5, 0.6) is 0 Å². The van der Waals surface area contributed by atoms with E-state index in [1.54, 1.807) is 18.0 Å². The molecule has 0 aliphatic carbocycles. The summed E-state index contributed by atoms with van der Waals surface area (Å²) in [7, 11) is 1.71. The van der Waals surface area contributed by atoms with E-state index in [1.807, 2.05) is 63.3 Å². The number of allylic oxidation sites excluding steroid dienone is 3. The average molecular weight is 364 g/mol. The summed E-state index contributed by atoms with van der Waals surface area (Å²) in [6.07, 6.45) is 5.46. The third-order valence-electron chi connectivity index (χ3n) is 3.96. The van der Waals surface area contributed by atoms with Gasteiger partial charge >= 0.3 is 0 Å². The molecule has 1 aromatic carbocycles. The second-order valence-electron chi connectivity index (χ2n) is 6.59. The van der Waals surface area contributed by atoms with E-state index in [9.17, 15) is 4.79 Å². The van der Waals surface area contributed by atoms with Gasteiger partial charge in [0.2, 0.25) is 11.7 Å². The van der Waals surface area contributed by atoms with E-state index in [0.717, 1.165) is 5.56 Å². The SMILES string of the molecule is CC(C)/C=C(C#N)\C=C/C(C)N(C)C(=O)Cn1nnc(-c2ccccc2)n1. The first kappa shape index (κ1) is 20.0. The third kappa shape index (κ3) is 5.89. The molecule has 7 heteroatoms. The molecule has 0 bridgehead atoms. The lowest BCUT2D eigenvalue weighted by Crippen LogP contribution is -2.36. The zero-order valence-corrected chi connectivity index (χ0v) is 16.1. The Kier molecular flexibility index (Phi) is 7.00. The molecular formula is C20H24N6O. The van der Waals surface area contributed by atoms with Crippen LogP contribution in [0.15, 0.2) is 54.1 Å². The predicted octanol–water partition coefficient (Wildman–Crippen LogP) is 2.85. The lowest BCUT2D eigenvalue weighted by atomic mass is 10.1. The standard InChI is InChI=1S/C20H24N6O/c1-15(2)12-17(13-21)11-10-16(3)25(4)19(27)14-26-23-20(22-24-26)18-8-6-5-7-9-18/h5-12,15-16H,14H2,1-4H3/b11-10-,17-12+. The molecule has 1 unspecified atom stereocenters. The molecule has 0 saturated heterocycles. The topological polar surface area (TPSA) is 87.7 Å². The second kappa shape index (κ2) is 9.43. The highest BCUT2D eigenvalue weighted by molar-refractivity contribution is 5.76. The smallest absolute Gasteiger partial charge is 0.246 e. The van der Waals surface area contributed by atoms with Gasteiger partial charge < -0.3 is 4.90 Å². The molecule has 0 aliphatic heterocycles. The van der Waals surface area contributed by atoms with Crippen LogP contribution in [0.3, 0.4) is 0 Å². The van der Waals surface area contributed by atoms with Crippen molar-refractivity contribution in [2.75, 3.05) is 7.05 Å². The van der Waals surface area contributed by atoms with Gasteiger partial charge in [-0.25, -0.2) is 0 Å². The lowest BCUT2D eigenvalue weighted by Gasteiger charge is -2.21. The van der Waals surface area contributed by atoms with E-state index >= 15 is 0 Å². The molecule has 0 saturated carbocycles. The van der Waals surface area contributed by atoms with E-state index < -0.39 is 0 Å². The molecule has 2 rings (SSSR count). The van der Waals surface area contributed by atoms with E-state index in [0.29, 0.717) is 11.4 Å². The van der Waals surface area contributed by atoms with Crippen molar-refractivity contribution in [1.29, 1.82) is 5.26 Å². The molecule has 0 N–H and O–H groups in total. The summed E-state index contributed by atoms with van der Waals surface area (Å²) >= 11 is 0. The summed E-state index contributed by atoms with van der Waals surface area (Å²) < 4.78 is 0. The van der Waals surface area contributed by atoms with Gasteiger partial charge in [0.1, 0.15) is 6.54 Å². The Balaban J connectivity index is 1.99. The van der Waals surface area contributed by atoms with Crippen LogP contribution in [0.1, 0.15) is 20.8 Å². The Morgan fingerprint density at radius 2 is 2.00 bits per heavy atom. The van der Waals surface area contributed by atoms with Gasteiger partial charge in [0.05, 0.1) is 6.07 Å². The van der Waals surface area contributed by atoms with Gasteiger partial charge in [-0.2, -0.15) is 10.1 Å². The van der Waals surface area contributed by atoms with Crippen molar-refractivity contribution < 1.29 is 4.79 Å². The van der Waals surface area contributed by atoms with Crippen LogP contribution in [0.25, 0.3) is 11.4 Å². The van der Waals surface area contributed by atoms with Crippen molar-refractivity contribution in [2.45, 2.75) is 33.4 Å². The van der Waals surface area contributed by atoms with Gasteiger partial charge in [0, 0.05) is 24.2 Å². The first-order chi connectivity index (χ1) is 12.9. The van der Waals surface area contributed by atoms with Crippen LogP contribution in [-0.4, -0.2) is 44.1 Å². The fourth-order valence-electron chi connectivity index (χ4n) is 2.33. The number of nitriles is 1. The lowest BCUT2D eigenvalue weighted by molar-refractivity contribution is -0.132. The molecule has 7 nitrogen and oxygen atoms in total. The van der Waals surface area contributed by atoms with Crippen molar-refractivity contribution in [1.82, 2.24) is 25.1 Å². The number of hydrogen-bond donors (Lipinski definition) is 0. The minimum Gasteiger partial charge on any atom is -0.338 e. The highest BCUT2D eigenvalue weighted by Crippen LogP contribution is 2.12. The number of amides is 1. The van der Waals surface area contributed by atoms with E-state index in [-0.39, 0.29) is 24.4 Å². The molecule has 140 valence electrons. The summed E-state index contributed by atoms with van der Waals surface area (Å²) in [6.45, 7) is 5.92. The fraction of sp³-hybridized carbons (Fsp3) is 0.350. The number of tetrazole rings is 1. The zero-order chi connectivity index (χ0) is 19.8. The fourth-order valence-corrected chi connectivity index (χ4v) is 2.33. The molecule has 1 aromatic heterocycles. The number of nitrogens with zero attached hydrogens (tertiary/aromatic N) is 6. The normalized spacial score (nSPS) is 13.0. The molecule has 0 fully saturated rings. The van der Waals surface area contributed by atoms with Crippen LogP contribution in [-0.2, 0) is 11.3 Å². The number of carbonyl (C=O) groups excluding carboxylic acids is 1. The Morgan fingerprint density at radius 3 is 2.63 bits per heavy atom. The third-order valence-corrected chi connectivity index (χ3v) is 3.96. The molecule has 1 atom stereocenters. The summed E-state index contributed by atoms with van der Waals surface area (Å²) in [5.74, 6) is 0.628. The van der Waals surface area contributed by atoms with Gasteiger partial charge in [-0.15, -0.1) is 10.2 Å². The number of hydrogen-bond acceptors (Lipinski definition) is 5. The minimum atomic E-state index is -0.168. The van der Waals surface area contributed by atoms with E-state index in [4.69, 9.17) is 5.26 Å². The average Bonchev–Trinajstić information content (AvgIpc) is 3.13. The minimum absolute atomic E-state index is 0.00144. The maximum absolute atomic E-state index is 12.5. The maximum Gasteiger partial charge on any atom is 0.246 e. The second-order valence-corrected chi connectivity index (χ2v) is 6.59. The van der Waals surface area contributed by atoms with Gasteiger partial charge in [0.15, 0.2) is 0 Å². The van der Waals surface area contributed by atoms with Gasteiger partial charge in [0.25, 0.3) is 0 Å². The highest BCUT2D eigenvalue weighted by Gasteiger charge is 2.16. The van der Waals surface area contributed by atoms with Crippen LogP contribution >= 0.6 is 0 Å². The van der Waals surface area contributed by atoms with Crippen LogP contribution in [0.2, 0.25) is 0 Å². The molecule has 27 heavy (non-hydrogen) atoms. The van der Waals surface area contributed by atoms with Crippen LogP contribution < -0.4 is 0 Å². The summed E-state index contributed by atoms with van der Waals surface area (Å²) in [5, 5.41) is 21.4. The first-order valence-corrected chi connectivity index (χ1v) is 8.79. The van der Waals surface area contributed by atoms with Gasteiger partial charge in [-0.1, -0.05) is 56.3 Å². The van der Waals surface area contributed by atoms with Crippen molar-refractivity contribution in [3.63, 3.8) is 0 Å². The van der Waals surface area contributed by atoms with E-state index in [1.165, 1.54) is 4.80 Å². The monoisotopic (exact) mass is 364 g/mol. The Labute approximate surface area is 159 Å². The highest BCUT2D eigenvalue weighted by atomic mass is 16.2. The van der Waals surface area contributed by atoms with Crippen molar-refractivity contribution >= 4 is 5.91 Å². The van der Waals surface area contributed by atoms with Gasteiger partial charge in [-0.05, 0) is 24.1 Å². The van der Waals surface area contributed by atoms with Crippen molar-refractivity contribution in [3.8, 4) is 17.5 Å². The molecule has 0 radical (unpaired) electrons. The number of carbonyl (C=O) groups is 1. The van der Waals surface area contributed by atoms with Crippen molar-refractivity contribution in [2.24, 2.45) is 5.92 Å². The molecule has 0 spiro atoms. The predicted molar refractivity (Wildman–Crippen MR) is 103 cm³/mol. The zero-order valence-electron chi connectivity index (χ0n) is 16.1. The van der Waals surface area contributed by atoms with E-state index in [2.05, 4.69) is 21.5 Å². The summed E-state index contributed by atoms with van der Waals surface area (Å²) in [6, 6.07) is 11.5. The molecular weight excluding hydrogens is 340 g/mol. The molecule has 0 aliphatic rings. The molecule has 1 heterocycles. The summed E-state index contributed by atoms with van der Waals surface area (Å²) in [4.78, 5) is 15.4. The first-order valence-electron chi connectivity index (χ1n) is 8.79. The Bertz CT molecular complexity index is 860. The summed E-state index contributed by atoms with van der Waals surface area (Å²) in [5.41, 5.74) is 1.44. The molecule has 1 amide bonds. The molecule has 2 aromatic rings.